The molecule has 2 atom stereocenters. The summed E-state index contributed by atoms with van der Waals surface area (Å²) in [5.41, 5.74) is -0.976. The zero-order valence-electron chi connectivity index (χ0n) is 16.6. The fraction of sp³-hybridized carbons (Fsp3) is 0.190. The lowest BCUT2D eigenvalue weighted by Crippen LogP contribution is -2.48. The lowest BCUT2D eigenvalue weighted by atomic mass is 10.1. The molecule has 0 radical (unpaired) electrons. The molecule has 10 heteroatoms. The lowest BCUT2D eigenvalue weighted by Gasteiger charge is -2.12. The molecule has 10 nitrogen and oxygen atoms in total. The van der Waals surface area contributed by atoms with Crippen LogP contribution < -0.4 is 17.1 Å². The van der Waals surface area contributed by atoms with Gasteiger partial charge in [0.2, 0.25) is 12.2 Å². The Morgan fingerprint density at radius 1 is 0.774 bits per heavy atom. The van der Waals surface area contributed by atoms with Crippen LogP contribution in [0.5, 0.6) is 0 Å². The summed E-state index contributed by atoms with van der Waals surface area (Å²) in [6.45, 7) is 3.36. The van der Waals surface area contributed by atoms with Crippen molar-refractivity contribution in [3.8, 4) is 11.4 Å². The highest BCUT2D eigenvalue weighted by molar-refractivity contribution is 5.41. The van der Waals surface area contributed by atoms with Crippen molar-refractivity contribution < 1.29 is 9.59 Å². The Labute approximate surface area is 174 Å². The van der Waals surface area contributed by atoms with Gasteiger partial charge in [-0.05, 0) is 49.2 Å². The predicted octanol–water partition coefficient (Wildman–Crippen LogP) is 1.47. The third kappa shape index (κ3) is 4.30. The van der Waals surface area contributed by atoms with Gasteiger partial charge in [0.15, 0.2) is 0 Å². The van der Waals surface area contributed by atoms with Gasteiger partial charge in [0.05, 0.1) is 23.5 Å². The van der Waals surface area contributed by atoms with Gasteiger partial charge in [-0.25, -0.2) is 33.1 Å². The largest absolute Gasteiger partial charge is 0.345 e. The van der Waals surface area contributed by atoms with Crippen molar-refractivity contribution in [1.82, 2.24) is 14.1 Å². The average Bonchev–Trinajstić information content (AvgIpc) is 2.74. The normalized spacial score (nSPS) is 12.3. The summed E-state index contributed by atoms with van der Waals surface area (Å²) < 4.78 is 1.63. The number of nitrogens with zero attached hydrogens (tertiary/aromatic N) is 4. The summed E-state index contributed by atoms with van der Waals surface area (Å²) in [6, 6.07) is 11.6. The quantitative estimate of drug-likeness (QED) is 0.477. The molecule has 0 aliphatic carbocycles. The molecule has 0 amide bonds. The molecular formula is C21H17N5O5. The highest BCUT2D eigenvalue weighted by Crippen LogP contribution is 2.19. The molecule has 0 saturated heterocycles. The van der Waals surface area contributed by atoms with E-state index in [0.29, 0.717) is 11.1 Å². The average molecular weight is 419 g/mol. The molecule has 1 aromatic heterocycles. The number of nitrogens with one attached hydrogen (secondary N) is 1. The molecule has 3 rings (SSSR count). The molecule has 2 unspecified atom stereocenters. The number of isocyanates is 2. The van der Waals surface area contributed by atoms with Gasteiger partial charge in [-0.3, -0.25) is 4.98 Å². The summed E-state index contributed by atoms with van der Waals surface area (Å²) >= 11 is 0. The first-order valence-corrected chi connectivity index (χ1v) is 9.20. The molecule has 2 aromatic carbocycles. The van der Waals surface area contributed by atoms with E-state index in [-0.39, 0.29) is 11.4 Å². The Morgan fingerprint density at radius 3 is 1.90 bits per heavy atom. The van der Waals surface area contributed by atoms with Gasteiger partial charge in [0.25, 0.3) is 0 Å². The van der Waals surface area contributed by atoms with Crippen molar-refractivity contribution >= 4 is 12.2 Å². The second-order valence-corrected chi connectivity index (χ2v) is 6.67. The first kappa shape index (κ1) is 21.3. The van der Waals surface area contributed by atoms with Crippen LogP contribution in [0.4, 0.5) is 0 Å². The van der Waals surface area contributed by atoms with Crippen LogP contribution in [-0.2, 0) is 9.59 Å². The van der Waals surface area contributed by atoms with Crippen molar-refractivity contribution in [2.24, 2.45) is 9.98 Å². The van der Waals surface area contributed by atoms with E-state index in [4.69, 9.17) is 0 Å². The number of benzene rings is 2. The van der Waals surface area contributed by atoms with Crippen LogP contribution in [0, 0.1) is 0 Å². The maximum absolute atomic E-state index is 13.1. The van der Waals surface area contributed by atoms with Crippen LogP contribution in [0.1, 0.15) is 37.1 Å². The summed E-state index contributed by atoms with van der Waals surface area (Å²) in [5, 5.41) is 0. The molecule has 0 aliphatic heterocycles. The molecule has 1 N–H and O–H groups in total. The maximum Gasteiger partial charge on any atom is 0.345 e. The van der Waals surface area contributed by atoms with Crippen molar-refractivity contribution in [2.45, 2.75) is 25.9 Å². The highest BCUT2D eigenvalue weighted by atomic mass is 16.2. The fourth-order valence-electron chi connectivity index (χ4n) is 3.07. The van der Waals surface area contributed by atoms with Gasteiger partial charge in [-0.15, -0.1) is 0 Å². The summed E-state index contributed by atoms with van der Waals surface area (Å²) in [5.74, 6) is 0. The van der Waals surface area contributed by atoms with E-state index in [1.165, 1.54) is 36.4 Å². The van der Waals surface area contributed by atoms with Crippen LogP contribution in [0.2, 0.25) is 0 Å². The Balaban J connectivity index is 2.16. The third-order valence-corrected chi connectivity index (χ3v) is 4.74. The molecule has 156 valence electrons. The highest BCUT2D eigenvalue weighted by Gasteiger charge is 2.15. The van der Waals surface area contributed by atoms with Crippen LogP contribution in [0.15, 0.2) is 72.9 Å². The van der Waals surface area contributed by atoms with Crippen molar-refractivity contribution in [3.63, 3.8) is 0 Å². The number of hydrogen-bond acceptors (Lipinski definition) is 7. The van der Waals surface area contributed by atoms with Crippen molar-refractivity contribution in [3.05, 3.63) is 91.1 Å². The molecule has 1 heterocycles. The molecule has 31 heavy (non-hydrogen) atoms. The molecule has 0 spiro atoms. The van der Waals surface area contributed by atoms with Gasteiger partial charge in [0.1, 0.15) is 0 Å². The molecule has 0 saturated carbocycles. The van der Waals surface area contributed by atoms with Gasteiger partial charge in [-0.1, -0.05) is 24.3 Å². The van der Waals surface area contributed by atoms with E-state index < -0.39 is 29.2 Å². The number of carbonyl (C=O) groups excluding carboxylic acids is 2. The fourth-order valence-corrected chi connectivity index (χ4v) is 3.07. The van der Waals surface area contributed by atoms with Crippen molar-refractivity contribution in [1.29, 1.82) is 0 Å². The third-order valence-electron chi connectivity index (χ3n) is 4.74. The van der Waals surface area contributed by atoms with E-state index >= 15 is 0 Å². The summed E-state index contributed by atoms with van der Waals surface area (Å²) in [7, 11) is 0. The Hall–Kier alpha value is -4.39. The second-order valence-electron chi connectivity index (χ2n) is 6.67. The number of rotatable bonds is 6. The first-order chi connectivity index (χ1) is 14.9. The lowest BCUT2D eigenvalue weighted by molar-refractivity contribution is 0.559. The Morgan fingerprint density at radius 2 is 1.32 bits per heavy atom. The zero-order chi connectivity index (χ0) is 22.5. The topological polar surface area (TPSA) is 136 Å². The standard InChI is InChI=1S/C21H17N5O5/c1-13(22-11-27)15-6-8-17(9-7-15)25-19(29)24-20(30)26(21(25)31)18-5-3-4-16(10-18)14(2)23-12-28/h3-10,13-14H,1-2H3,(H,24,29,30). The zero-order valence-corrected chi connectivity index (χ0v) is 16.6. The smallest absolute Gasteiger partial charge is 0.258 e. The molecule has 0 fully saturated rings. The van der Waals surface area contributed by atoms with Crippen LogP contribution in [0.25, 0.3) is 11.4 Å². The van der Waals surface area contributed by atoms with Crippen LogP contribution in [-0.4, -0.2) is 26.3 Å². The van der Waals surface area contributed by atoms with Gasteiger partial charge in [0, 0.05) is 0 Å². The number of aromatic nitrogens is 3. The van der Waals surface area contributed by atoms with E-state index in [1.54, 1.807) is 38.1 Å². The number of aliphatic imine (C=N–C) groups is 2. The molecule has 3 aromatic rings. The van der Waals surface area contributed by atoms with E-state index in [1.807, 2.05) is 0 Å². The maximum atomic E-state index is 13.1. The number of H-pyrrole nitrogens is 1. The monoisotopic (exact) mass is 419 g/mol. The van der Waals surface area contributed by atoms with E-state index in [0.717, 1.165) is 9.13 Å². The van der Waals surface area contributed by atoms with Crippen molar-refractivity contribution in [2.75, 3.05) is 0 Å². The summed E-state index contributed by atoms with van der Waals surface area (Å²) in [4.78, 5) is 68.2. The minimum absolute atomic E-state index is 0.205. The summed E-state index contributed by atoms with van der Waals surface area (Å²) in [6.07, 6.45) is 2.95. The van der Waals surface area contributed by atoms with Gasteiger partial charge in [-0.2, -0.15) is 9.98 Å². The van der Waals surface area contributed by atoms with E-state index in [2.05, 4.69) is 15.0 Å². The number of hydrogen-bond donors (Lipinski definition) is 1. The molecule has 0 bridgehead atoms. The molecule has 0 aliphatic rings. The first-order valence-electron chi connectivity index (χ1n) is 9.20. The minimum Gasteiger partial charge on any atom is -0.258 e. The van der Waals surface area contributed by atoms with Crippen LogP contribution >= 0.6 is 0 Å². The second kappa shape index (κ2) is 8.96. The molecular weight excluding hydrogens is 402 g/mol. The number of aromatic amines is 1. The Bertz CT molecular complexity index is 1390. The Kier molecular flexibility index (Phi) is 6.16. The predicted molar refractivity (Wildman–Crippen MR) is 111 cm³/mol. The minimum atomic E-state index is -0.902. The van der Waals surface area contributed by atoms with Gasteiger partial charge >= 0.3 is 17.1 Å². The van der Waals surface area contributed by atoms with E-state index in [9.17, 15) is 24.0 Å². The van der Waals surface area contributed by atoms with Gasteiger partial charge < -0.3 is 0 Å². The van der Waals surface area contributed by atoms with Crippen LogP contribution in [0.3, 0.4) is 0 Å². The SMILES string of the molecule is CC(N=C=O)c1ccc(-n2c(=O)[nH]c(=O)n(-c3cccc(C(C)N=C=O)c3)c2=O)cc1.